The molecule has 0 atom stereocenters. The van der Waals surface area contributed by atoms with Crippen LogP contribution in [0.25, 0.3) is 10.8 Å². The molecule has 4 aliphatic carbocycles. The van der Waals surface area contributed by atoms with Gasteiger partial charge in [0.25, 0.3) is 0 Å². The highest BCUT2D eigenvalue weighted by molar-refractivity contribution is 6.04. The van der Waals surface area contributed by atoms with Crippen molar-refractivity contribution in [2.24, 2.45) is 23.7 Å². The van der Waals surface area contributed by atoms with E-state index in [0.717, 1.165) is 23.3 Å². The molecule has 7 aromatic rings. The molecule has 1 aliphatic heterocycles. The van der Waals surface area contributed by atoms with Gasteiger partial charge in [-0.15, -0.1) is 0 Å². The van der Waals surface area contributed by atoms with Crippen molar-refractivity contribution < 1.29 is 4.74 Å². The molecule has 0 N–H and O–H groups in total. The van der Waals surface area contributed by atoms with Gasteiger partial charge in [-0.3, -0.25) is 0 Å². The molecule has 12 rings (SSSR count). The normalized spacial score (nSPS) is 22.2. The summed E-state index contributed by atoms with van der Waals surface area (Å²) in [6.45, 7) is 18.3. The van der Waals surface area contributed by atoms with Gasteiger partial charge >= 0.3 is 0 Å². The number of anilines is 6. The average molecular weight is 827 g/mol. The summed E-state index contributed by atoms with van der Waals surface area (Å²) in [5.74, 6) is 4.78. The van der Waals surface area contributed by atoms with Crippen molar-refractivity contribution in [3.8, 4) is 11.5 Å². The second-order valence-electron chi connectivity index (χ2n) is 21.6. The van der Waals surface area contributed by atoms with Crippen LogP contribution in [0.15, 0.2) is 146 Å². The minimum atomic E-state index is -0.188. The second-order valence-corrected chi connectivity index (χ2v) is 21.6. The minimum Gasteiger partial charge on any atom is -0.456 e. The topological polar surface area (TPSA) is 15.7 Å². The fraction of sp³-hybridized carbons (Fsp3) is 0.333. The van der Waals surface area contributed by atoms with Gasteiger partial charge in [0.1, 0.15) is 11.5 Å². The highest BCUT2D eigenvalue weighted by Crippen LogP contribution is 2.70. The van der Waals surface area contributed by atoms with E-state index in [1.54, 1.807) is 0 Å². The number of rotatable bonds is 6. The van der Waals surface area contributed by atoms with E-state index in [1.165, 1.54) is 110 Å². The van der Waals surface area contributed by atoms with Crippen LogP contribution in [0.2, 0.25) is 0 Å². The first kappa shape index (κ1) is 40.0. The third-order valence-electron chi connectivity index (χ3n) is 15.7. The molecule has 0 radical (unpaired) electrons. The summed E-state index contributed by atoms with van der Waals surface area (Å²) >= 11 is 0. The van der Waals surface area contributed by atoms with Gasteiger partial charge in [-0.05, 0) is 163 Å². The summed E-state index contributed by atoms with van der Waals surface area (Å²) in [6.07, 6.45) is 6.53. The minimum absolute atomic E-state index is 0.0602. The first-order valence-corrected chi connectivity index (χ1v) is 23.6. The number of hydrogen-bond donors (Lipinski definition) is 0. The molecule has 0 amide bonds. The molecule has 318 valence electrons. The first-order valence-electron chi connectivity index (χ1n) is 23.6. The monoisotopic (exact) mass is 826 g/mol. The Kier molecular flexibility index (Phi) is 9.29. The van der Waals surface area contributed by atoms with Gasteiger partial charge < -0.3 is 14.5 Å². The lowest BCUT2D eigenvalue weighted by atomic mass is 9.41. The van der Waals surface area contributed by atoms with Crippen molar-refractivity contribution in [1.82, 2.24) is 0 Å². The lowest BCUT2D eigenvalue weighted by Gasteiger charge is -2.63. The van der Waals surface area contributed by atoms with Gasteiger partial charge in [-0.2, -0.15) is 0 Å². The van der Waals surface area contributed by atoms with Crippen LogP contribution in [0.5, 0.6) is 11.5 Å². The van der Waals surface area contributed by atoms with Crippen LogP contribution in [-0.4, -0.2) is 0 Å². The van der Waals surface area contributed by atoms with Crippen LogP contribution >= 0.6 is 0 Å². The van der Waals surface area contributed by atoms with Gasteiger partial charge in [-0.25, -0.2) is 0 Å². The van der Waals surface area contributed by atoms with Crippen LogP contribution in [0.3, 0.4) is 0 Å². The predicted molar refractivity (Wildman–Crippen MR) is 265 cm³/mol. The Bertz CT molecular complexity index is 2840. The maximum Gasteiger partial charge on any atom is 0.139 e. The Balaban J connectivity index is 1.17. The number of para-hydroxylation sites is 2. The molecule has 3 nitrogen and oxygen atoms in total. The average Bonchev–Trinajstić information content (AvgIpc) is 3.26. The van der Waals surface area contributed by atoms with Crippen LogP contribution in [-0.2, 0) is 16.2 Å². The number of aryl methyl sites for hydroxylation is 2. The summed E-state index contributed by atoms with van der Waals surface area (Å²) in [4.78, 5) is 5.04. The Morgan fingerprint density at radius 3 is 1.48 bits per heavy atom. The van der Waals surface area contributed by atoms with Gasteiger partial charge in [-0.1, -0.05) is 126 Å². The molecule has 0 aromatic heterocycles. The van der Waals surface area contributed by atoms with E-state index in [4.69, 9.17) is 4.74 Å². The van der Waals surface area contributed by atoms with E-state index in [9.17, 15) is 0 Å². The van der Waals surface area contributed by atoms with Crippen molar-refractivity contribution in [1.29, 1.82) is 0 Å². The van der Waals surface area contributed by atoms with Gasteiger partial charge in [0.2, 0.25) is 0 Å². The summed E-state index contributed by atoms with van der Waals surface area (Å²) in [7, 11) is 0. The SMILES string of the molecule is Cc1ccccc1N(c1ccc(C(C)(C)C)cc1)c1ccc2c(c1)C1(c3cc(N(c4ccc(C(C)(C)C)cc4)c4ccccc4C)c4ccccc4c3O2)C2CC3CC(C2)CC1C3. The van der Waals surface area contributed by atoms with E-state index in [2.05, 4.69) is 211 Å². The van der Waals surface area contributed by atoms with E-state index in [-0.39, 0.29) is 16.2 Å². The number of nitrogens with zero attached hydrogens (tertiary/aromatic N) is 2. The van der Waals surface area contributed by atoms with Crippen LogP contribution in [0.4, 0.5) is 34.1 Å². The third-order valence-corrected chi connectivity index (χ3v) is 15.7. The molecule has 7 aromatic carbocycles. The Hall–Kier alpha value is -5.80. The summed E-state index contributed by atoms with van der Waals surface area (Å²) < 4.78 is 7.43. The molecular formula is C60H62N2O. The summed E-state index contributed by atoms with van der Waals surface area (Å²) in [6, 6.07) is 55.2. The lowest BCUT2D eigenvalue weighted by Crippen LogP contribution is -2.57. The van der Waals surface area contributed by atoms with Crippen molar-refractivity contribution in [2.45, 2.75) is 104 Å². The van der Waals surface area contributed by atoms with Gasteiger partial charge in [0, 0.05) is 55.8 Å². The van der Waals surface area contributed by atoms with Gasteiger partial charge in [0.05, 0.1) is 5.69 Å². The fourth-order valence-corrected chi connectivity index (χ4v) is 12.7. The zero-order valence-electron chi connectivity index (χ0n) is 38.5. The Morgan fingerprint density at radius 1 is 0.460 bits per heavy atom. The smallest absolute Gasteiger partial charge is 0.139 e. The van der Waals surface area contributed by atoms with Crippen molar-refractivity contribution >= 4 is 44.9 Å². The molecule has 5 aliphatic rings. The summed E-state index contributed by atoms with van der Waals surface area (Å²) in [5.41, 5.74) is 15.1. The Morgan fingerprint density at radius 2 is 0.937 bits per heavy atom. The van der Waals surface area contributed by atoms with Crippen LogP contribution in [0, 0.1) is 37.5 Å². The molecule has 3 heteroatoms. The molecule has 0 unspecified atom stereocenters. The standard InChI is InChI=1S/C60H62N2O/c1-38-15-9-13-19-53(38)61(46-25-21-42(22-26-46)58(3,4)5)48-29-30-56-51(36-48)60(44-32-40-31-41(34-44)35-45(60)33-40)52-37-55(49-17-11-12-18-50(49)57(52)63-56)62(54-20-14-10-16-39(54)2)47-27-23-43(24-28-47)59(6,7)8/h9-30,36-37,40-41,44-45H,31-35H2,1-8H3. The quantitative estimate of drug-likeness (QED) is 0.166. The maximum absolute atomic E-state index is 7.43. The molecular weight excluding hydrogens is 765 g/mol. The lowest BCUT2D eigenvalue weighted by molar-refractivity contribution is -0.0450. The number of hydrogen-bond acceptors (Lipinski definition) is 3. The highest BCUT2D eigenvalue weighted by Gasteiger charge is 2.61. The first-order chi connectivity index (χ1) is 30.3. The number of benzene rings is 7. The Labute approximate surface area is 375 Å². The molecule has 4 bridgehead atoms. The third kappa shape index (κ3) is 6.43. The van der Waals surface area contributed by atoms with E-state index in [1.807, 2.05) is 0 Å². The molecule has 1 spiro atoms. The molecule has 0 saturated heterocycles. The van der Waals surface area contributed by atoms with Crippen molar-refractivity contribution in [3.63, 3.8) is 0 Å². The van der Waals surface area contributed by atoms with Crippen LogP contribution < -0.4 is 14.5 Å². The zero-order chi connectivity index (χ0) is 43.4. The molecule has 4 fully saturated rings. The molecule has 4 saturated carbocycles. The summed E-state index contributed by atoms with van der Waals surface area (Å²) in [5, 5.41) is 2.40. The van der Waals surface area contributed by atoms with E-state index in [0.29, 0.717) is 11.8 Å². The number of fused-ring (bicyclic) bond motifs is 4. The van der Waals surface area contributed by atoms with Crippen molar-refractivity contribution in [3.05, 3.63) is 179 Å². The largest absolute Gasteiger partial charge is 0.456 e. The second kappa shape index (κ2) is 14.6. The molecule has 63 heavy (non-hydrogen) atoms. The zero-order valence-corrected chi connectivity index (χ0v) is 38.5. The van der Waals surface area contributed by atoms with Crippen LogP contribution in [0.1, 0.15) is 107 Å². The highest BCUT2D eigenvalue weighted by atomic mass is 16.5. The molecule has 1 heterocycles. The predicted octanol–water partition coefficient (Wildman–Crippen LogP) is 16.8. The van der Waals surface area contributed by atoms with Gasteiger partial charge in [0.15, 0.2) is 0 Å². The van der Waals surface area contributed by atoms with E-state index >= 15 is 0 Å². The van der Waals surface area contributed by atoms with Crippen molar-refractivity contribution in [2.75, 3.05) is 9.80 Å². The fourth-order valence-electron chi connectivity index (χ4n) is 12.7. The maximum atomic E-state index is 7.43. The number of ether oxygens (including phenoxy) is 1. The van der Waals surface area contributed by atoms with E-state index < -0.39 is 0 Å².